The Kier molecular flexibility index (Phi) is 7.08. The minimum atomic E-state index is -4.71. The van der Waals surface area contributed by atoms with Gasteiger partial charge < -0.3 is 14.8 Å². The lowest BCUT2D eigenvalue weighted by molar-refractivity contribution is -0.119. The van der Waals surface area contributed by atoms with E-state index in [-0.39, 0.29) is 11.3 Å². The van der Waals surface area contributed by atoms with Gasteiger partial charge in [-0.3, -0.25) is 4.79 Å². The van der Waals surface area contributed by atoms with Crippen molar-refractivity contribution in [2.24, 2.45) is 0 Å². The number of methoxy groups -OCH3 is 1. The second kappa shape index (κ2) is 9.11. The smallest absolute Gasteiger partial charge is 0.341 e. The number of esters is 1. The van der Waals surface area contributed by atoms with Crippen molar-refractivity contribution in [3.05, 3.63) is 52.5 Å². The van der Waals surface area contributed by atoms with E-state index in [4.69, 9.17) is 9.47 Å². The van der Waals surface area contributed by atoms with Gasteiger partial charge >= 0.3 is 11.7 Å². The van der Waals surface area contributed by atoms with Crippen molar-refractivity contribution in [1.29, 1.82) is 0 Å². The molecule has 0 spiro atoms. The maximum atomic E-state index is 12.5. The van der Waals surface area contributed by atoms with Gasteiger partial charge in [0.2, 0.25) is 9.84 Å². The van der Waals surface area contributed by atoms with Crippen LogP contribution in [0.25, 0.3) is 0 Å². The van der Waals surface area contributed by atoms with Crippen molar-refractivity contribution in [2.45, 2.75) is 10.7 Å². The van der Waals surface area contributed by atoms with Crippen LogP contribution in [0.1, 0.15) is 10.4 Å². The molecule has 0 saturated heterocycles. The first kappa shape index (κ1) is 21.8. The first-order valence-corrected chi connectivity index (χ1v) is 9.91. The Morgan fingerprint density at radius 3 is 2.36 bits per heavy atom. The second-order valence-electron chi connectivity index (χ2n) is 5.30. The Balaban J connectivity index is 1.97. The van der Waals surface area contributed by atoms with E-state index < -0.39 is 39.0 Å². The molecule has 2 aromatic carbocycles. The second-order valence-corrected chi connectivity index (χ2v) is 8.07. The zero-order chi connectivity index (χ0) is 20.9. The molecule has 11 heteroatoms. The van der Waals surface area contributed by atoms with Gasteiger partial charge in [0.1, 0.15) is 5.75 Å². The number of halogens is 3. The molecule has 0 aromatic heterocycles. The number of sulfone groups is 1. The number of amides is 1. The molecule has 0 radical (unpaired) electrons. The van der Waals surface area contributed by atoms with Crippen LogP contribution in [-0.4, -0.2) is 39.8 Å². The van der Waals surface area contributed by atoms with E-state index in [1.807, 2.05) is 0 Å². The molecule has 2 rings (SSSR count). The third kappa shape index (κ3) is 5.26. The largest absolute Gasteiger partial charge is 0.497 e. The molecule has 150 valence electrons. The van der Waals surface area contributed by atoms with Crippen molar-refractivity contribution in [2.75, 3.05) is 19.0 Å². The van der Waals surface area contributed by atoms with Crippen LogP contribution in [-0.2, 0) is 19.4 Å². The van der Waals surface area contributed by atoms with Gasteiger partial charge in [0.25, 0.3) is 5.91 Å². The summed E-state index contributed by atoms with van der Waals surface area (Å²) in [4.78, 5) is 23.4. The van der Waals surface area contributed by atoms with Gasteiger partial charge in [-0.1, -0.05) is 0 Å². The number of nitrogens with one attached hydrogen (secondary N) is 1. The van der Waals surface area contributed by atoms with Gasteiger partial charge in [0, 0.05) is 10.2 Å². The van der Waals surface area contributed by atoms with Crippen LogP contribution in [0.15, 0.2) is 51.8 Å². The molecule has 0 aliphatic heterocycles. The van der Waals surface area contributed by atoms with Crippen LogP contribution in [0.5, 0.6) is 5.75 Å². The summed E-state index contributed by atoms with van der Waals surface area (Å²) in [6.45, 7) is -0.612. The Hall–Kier alpha value is -2.53. The van der Waals surface area contributed by atoms with E-state index in [1.165, 1.54) is 13.2 Å². The lowest BCUT2D eigenvalue weighted by Gasteiger charge is -2.09. The molecule has 0 unspecified atom stereocenters. The fourth-order valence-corrected chi connectivity index (χ4v) is 3.15. The molecule has 7 nitrogen and oxygen atoms in total. The topological polar surface area (TPSA) is 98.8 Å². The van der Waals surface area contributed by atoms with Crippen molar-refractivity contribution in [1.82, 2.24) is 0 Å². The summed E-state index contributed by atoms with van der Waals surface area (Å²) in [5.41, 5.74) is 0.311. The standard InChI is InChI=1S/C17H14BrF2NO6S/c1-26-11-4-7-14(18)13(8-11)16(23)27-9-15(22)21-10-2-5-12(6-3-10)28(24,25)17(19)20/h2-8,17H,9H2,1H3,(H,21,22). The number of ether oxygens (including phenoxy) is 2. The van der Waals surface area contributed by atoms with Gasteiger partial charge in [0.05, 0.1) is 17.6 Å². The Morgan fingerprint density at radius 2 is 1.79 bits per heavy atom. The van der Waals surface area contributed by atoms with Crippen molar-refractivity contribution in [3.8, 4) is 5.75 Å². The van der Waals surface area contributed by atoms with E-state index in [1.54, 1.807) is 12.1 Å². The first-order valence-electron chi connectivity index (χ1n) is 7.57. The van der Waals surface area contributed by atoms with Crippen LogP contribution in [0.4, 0.5) is 14.5 Å². The maximum Gasteiger partial charge on any atom is 0.341 e. The van der Waals surface area contributed by atoms with Gasteiger partial charge in [-0.15, -0.1) is 0 Å². The van der Waals surface area contributed by atoms with Crippen LogP contribution < -0.4 is 10.1 Å². The number of carbonyl (C=O) groups is 2. The highest BCUT2D eigenvalue weighted by atomic mass is 79.9. The number of carbonyl (C=O) groups excluding carboxylic acids is 2. The first-order chi connectivity index (χ1) is 13.1. The minimum Gasteiger partial charge on any atom is -0.497 e. The van der Waals surface area contributed by atoms with Crippen molar-refractivity contribution >= 4 is 43.3 Å². The van der Waals surface area contributed by atoms with Crippen molar-refractivity contribution < 1.29 is 36.3 Å². The molecule has 0 heterocycles. The molecule has 1 amide bonds. The van der Waals surface area contributed by atoms with Crippen LogP contribution in [0.2, 0.25) is 0 Å². The third-order valence-corrected chi connectivity index (χ3v) is 5.52. The molecular formula is C17H14BrF2NO6S. The predicted molar refractivity (Wildman–Crippen MR) is 99.2 cm³/mol. The molecule has 0 fully saturated rings. The van der Waals surface area contributed by atoms with Gasteiger partial charge in [-0.25, -0.2) is 13.2 Å². The van der Waals surface area contributed by atoms with E-state index in [9.17, 15) is 26.8 Å². The fourth-order valence-electron chi connectivity index (χ4n) is 2.02. The van der Waals surface area contributed by atoms with Crippen molar-refractivity contribution in [3.63, 3.8) is 0 Å². The summed E-state index contributed by atoms with van der Waals surface area (Å²) >= 11 is 3.19. The summed E-state index contributed by atoms with van der Waals surface area (Å²) in [5, 5.41) is 2.36. The Morgan fingerprint density at radius 1 is 1.14 bits per heavy atom. The zero-order valence-electron chi connectivity index (χ0n) is 14.3. The lowest BCUT2D eigenvalue weighted by atomic mass is 10.2. The van der Waals surface area contributed by atoms with Crippen LogP contribution >= 0.6 is 15.9 Å². The van der Waals surface area contributed by atoms with E-state index in [0.717, 1.165) is 24.3 Å². The molecule has 0 aliphatic rings. The average Bonchev–Trinajstić information content (AvgIpc) is 2.66. The van der Waals surface area contributed by atoms with E-state index in [0.29, 0.717) is 10.2 Å². The number of benzene rings is 2. The maximum absolute atomic E-state index is 12.5. The quantitative estimate of drug-likeness (QED) is 0.614. The predicted octanol–water partition coefficient (Wildman–Crippen LogP) is 3.25. The van der Waals surface area contributed by atoms with E-state index in [2.05, 4.69) is 21.2 Å². The van der Waals surface area contributed by atoms with Gasteiger partial charge in [-0.2, -0.15) is 8.78 Å². The molecule has 2 aromatic rings. The van der Waals surface area contributed by atoms with Gasteiger partial charge in [0.15, 0.2) is 6.61 Å². The highest BCUT2D eigenvalue weighted by Gasteiger charge is 2.26. The molecule has 28 heavy (non-hydrogen) atoms. The highest BCUT2D eigenvalue weighted by molar-refractivity contribution is 9.10. The number of alkyl halides is 2. The summed E-state index contributed by atoms with van der Waals surface area (Å²) in [7, 11) is -3.28. The summed E-state index contributed by atoms with van der Waals surface area (Å²) in [6, 6.07) is 8.83. The van der Waals surface area contributed by atoms with Gasteiger partial charge in [-0.05, 0) is 58.4 Å². The highest BCUT2D eigenvalue weighted by Crippen LogP contribution is 2.23. The molecule has 0 aliphatic carbocycles. The number of anilines is 1. The van der Waals surface area contributed by atoms with Crippen LogP contribution in [0, 0.1) is 0 Å². The van der Waals surface area contributed by atoms with Crippen LogP contribution in [0.3, 0.4) is 0 Å². The monoisotopic (exact) mass is 477 g/mol. The summed E-state index contributed by atoms with van der Waals surface area (Å²) in [5.74, 6) is -4.57. The molecule has 0 saturated carbocycles. The number of rotatable bonds is 7. The lowest BCUT2D eigenvalue weighted by Crippen LogP contribution is -2.21. The molecule has 1 N–H and O–H groups in total. The average molecular weight is 478 g/mol. The summed E-state index contributed by atoms with van der Waals surface area (Å²) in [6.07, 6.45) is 0. The third-order valence-electron chi connectivity index (χ3n) is 3.43. The number of hydrogen-bond acceptors (Lipinski definition) is 6. The summed E-state index contributed by atoms with van der Waals surface area (Å²) < 4.78 is 58.0. The minimum absolute atomic E-state index is 0.150. The zero-order valence-corrected chi connectivity index (χ0v) is 16.7. The molecule has 0 bridgehead atoms. The van der Waals surface area contributed by atoms with E-state index >= 15 is 0 Å². The SMILES string of the molecule is COc1ccc(Br)c(C(=O)OCC(=O)Nc2ccc(S(=O)(=O)C(F)F)cc2)c1. The molecular weight excluding hydrogens is 464 g/mol. The fraction of sp³-hybridized carbons (Fsp3) is 0.176. The number of hydrogen-bond donors (Lipinski definition) is 1. The Bertz CT molecular complexity index is 980. The Labute approximate surface area is 167 Å². The molecule has 0 atom stereocenters. The normalized spacial score (nSPS) is 11.2.